The van der Waals surface area contributed by atoms with Crippen molar-refractivity contribution in [1.29, 1.82) is 0 Å². The highest BCUT2D eigenvalue weighted by atomic mass is 35.5. The second kappa shape index (κ2) is 7.11. The van der Waals surface area contributed by atoms with Crippen molar-refractivity contribution >= 4 is 28.9 Å². The van der Waals surface area contributed by atoms with Crippen molar-refractivity contribution in [3.05, 3.63) is 23.2 Å². The molecule has 1 fully saturated rings. The van der Waals surface area contributed by atoms with E-state index in [0.29, 0.717) is 11.1 Å². The van der Waals surface area contributed by atoms with Gasteiger partial charge in [0.25, 0.3) is 0 Å². The lowest BCUT2D eigenvalue weighted by molar-refractivity contribution is -0.117. The summed E-state index contributed by atoms with van der Waals surface area (Å²) in [6.45, 7) is 2.14. The van der Waals surface area contributed by atoms with Gasteiger partial charge in [-0.2, -0.15) is 0 Å². The predicted octanol–water partition coefficient (Wildman–Crippen LogP) is 2.38. The average molecular weight is 311 g/mol. The van der Waals surface area contributed by atoms with E-state index in [4.69, 9.17) is 11.6 Å². The number of carbonyl (C=O) groups is 1. The van der Waals surface area contributed by atoms with Crippen molar-refractivity contribution in [3.63, 3.8) is 0 Å². The van der Waals surface area contributed by atoms with Crippen LogP contribution in [0.5, 0.6) is 0 Å². The maximum Gasteiger partial charge on any atom is 0.242 e. The first-order valence-electron chi connectivity index (χ1n) is 7.30. The number of hydrogen-bond acceptors (Lipinski definition) is 4. The molecule has 1 saturated heterocycles. The number of hydrazine groups is 1. The van der Waals surface area contributed by atoms with Crippen LogP contribution in [-0.4, -0.2) is 32.1 Å². The number of benzene rings is 1. The van der Waals surface area contributed by atoms with E-state index in [2.05, 4.69) is 23.1 Å². The van der Waals surface area contributed by atoms with E-state index in [-0.39, 0.29) is 11.9 Å². The fraction of sp³-hybridized carbons (Fsp3) is 0.533. The SMILES string of the molecule is CCCC1CC(C(=O)Nc2cc(Cl)ccc2N(C)C)NN1. The molecule has 1 aliphatic heterocycles. The van der Waals surface area contributed by atoms with Crippen LogP contribution in [0.3, 0.4) is 0 Å². The number of amides is 1. The number of nitrogens with one attached hydrogen (secondary N) is 3. The molecule has 0 bridgehead atoms. The summed E-state index contributed by atoms with van der Waals surface area (Å²) in [6.07, 6.45) is 2.97. The monoisotopic (exact) mass is 310 g/mol. The van der Waals surface area contributed by atoms with Gasteiger partial charge < -0.3 is 10.2 Å². The normalized spacial score (nSPS) is 21.3. The molecule has 1 aromatic carbocycles. The van der Waals surface area contributed by atoms with Crippen molar-refractivity contribution in [2.24, 2.45) is 0 Å². The van der Waals surface area contributed by atoms with Crippen LogP contribution in [0.4, 0.5) is 11.4 Å². The molecule has 1 aliphatic rings. The summed E-state index contributed by atoms with van der Waals surface area (Å²) in [4.78, 5) is 14.3. The molecule has 0 radical (unpaired) electrons. The van der Waals surface area contributed by atoms with Gasteiger partial charge in [-0.25, -0.2) is 5.43 Å². The Kier molecular flexibility index (Phi) is 5.45. The zero-order chi connectivity index (χ0) is 15.4. The molecule has 0 aliphatic carbocycles. The third-order valence-corrected chi connectivity index (χ3v) is 3.87. The summed E-state index contributed by atoms with van der Waals surface area (Å²) in [7, 11) is 3.87. The number of anilines is 2. The van der Waals surface area contributed by atoms with Crippen LogP contribution in [-0.2, 0) is 4.79 Å². The molecular formula is C15H23ClN4O. The number of halogens is 1. The van der Waals surface area contributed by atoms with E-state index < -0.39 is 0 Å². The van der Waals surface area contributed by atoms with E-state index >= 15 is 0 Å². The van der Waals surface area contributed by atoms with Gasteiger partial charge in [0.2, 0.25) is 5.91 Å². The maximum absolute atomic E-state index is 12.4. The van der Waals surface area contributed by atoms with Crippen LogP contribution in [0.1, 0.15) is 26.2 Å². The van der Waals surface area contributed by atoms with Gasteiger partial charge in [-0.3, -0.25) is 10.2 Å². The number of rotatable bonds is 5. The topological polar surface area (TPSA) is 56.4 Å². The Morgan fingerprint density at radius 3 is 2.86 bits per heavy atom. The lowest BCUT2D eigenvalue weighted by Gasteiger charge is -2.19. The molecule has 2 rings (SSSR count). The lowest BCUT2D eigenvalue weighted by atomic mass is 10.1. The van der Waals surface area contributed by atoms with Crippen molar-refractivity contribution in [3.8, 4) is 0 Å². The summed E-state index contributed by atoms with van der Waals surface area (Å²) in [5, 5.41) is 3.58. The summed E-state index contributed by atoms with van der Waals surface area (Å²) in [5.74, 6) is -0.0357. The van der Waals surface area contributed by atoms with Crippen LogP contribution >= 0.6 is 11.6 Å². The highest BCUT2D eigenvalue weighted by Gasteiger charge is 2.29. The summed E-state index contributed by atoms with van der Waals surface area (Å²) in [6, 6.07) is 5.65. The zero-order valence-corrected chi connectivity index (χ0v) is 13.5. The Morgan fingerprint density at radius 1 is 1.43 bits per heavy atom. The second-order valence-electron chi connectivity index (χ2n) is 5.61. The summed E-state index contributed by atoms with van der Waals surface area (Å²) < 4.78 is 0. The van der Waals surface area contributed by atoms with Gasteiger partial charge in [-0.15, -0.1) is 0 Å². The molecule has 116 valence electrons. The summed E-state index contributed by atoms with van der Waals surface area (Å²) >= 11 is 6.03. The van der Waals surface area contributed by atoms with E-state index in [1.165, 1.54) is 0 Å². The molecule has 0 aromatic heterocycles. The Morgan fingerprint density at radius 2 is 2.19 bits per heavy atom. The van der Waals surface area contributed by atoms with E-state index in [1.807, 2.05) is 31.1 Å². The molecule has 5 nitrogen and oxygen atoms in total. The molecule has 3 N–H and O–H groups in total. The fourth-order valence-corrected chi connectivity index (χ4v) is 2.72. The first-order valence-corrected chi connectivity index (χ1v) is 7.68. The number of carbonyl (C=O) groups excluding carboxylic acids is 1. The van der Waals surface area contributed by atoms with Crippen LogP contribution in [0.15, 0.2) is 18.2 Å². The largest absolute Gasteiger partial charge is 0.376 e. The predicted molar refractivity (Wildman–Crippen MR) is 87.8 cm³/mol. The van der Waals surface area contributed by atoms with E-state index in [0.717, 1.165) is 30.6 Å². The molecule has 0 saturated carbocycles. The molecule has 2 unspecified atom stereocenters. The highest BCUT2D eigenvalue weighted by Crippen LogP contribution is 2.28. The first-order chi connectivity index (χ1) is 10.0. The smallest absolute Gasteiger partial charge is 0.242 e. The standard InChI is InChI=1S/C15H23ClN4O/c1-4-5-11-9-13(19-18-11)15(21)17-12-8-10(16)6-7-14(12)20(2)3/h6-8,11,13,18-19H,4-5,9H2,1-3H3,(H,17,21). The van der Waals surface area contributed by atoms with E-state index in [9.17, 15) is 4.79 Å². The van der Waals surface area contributed by atoms with Gasteiger partial charge >= 0.3 is 0 Å². The molecule has 2 atom stereocenters. The first kappa shape index (κ1) is 16.1. The number of hydrogen-bond donors (Lipinski definition) is 3. The second-order valence-corrected chi connectivity index (χ2v) is 6.04. The van der Waals surface area contributed by atoms with Gasteiger partial charge in [0, 0.05) is 25.2 Å². The molecule has 1 heterocycles. The highest BCUT2D eigenvalue weighted by molar-refractivity contribution is 6.31. The Labute approximate surface area is 131 Å². The minimum absolute atomic E-state index is 0.0357. The summed E-state index contributed by atoms with van der Waals surface area (Å²) in [5.41, 5.74) is 7.91. The maximum atomic E-state index is 12.4. The average Bonchev–Trinajstić information content (AvgIpc) is 2.87. The molecule has 1 amide bonds. The van der Waals surface area contributed by atoms with Crippen molar-refractivity contribution in [2.45, 2.75) is 38.3 Å². The molecule has 21 heavy (non-hydrogen) atoms. The quantitative estimate of drug-likeness (QED) is 0.781. The Bertz CT molecular complexity index is 506. The van der Waals surface area contributed by atoms with Gasteiger partial charge in [-0.05, 0) is 31.0 Å². The van der Waals surface area contributed by atoms with Gasteiger partial charge in [0.15, 0.2) is 0 Å². The number of nitrogens with zero attached hydrogens (tertiary/aromatic N) is 1. The van der Waals surface area contributed by atoms with Crippen molar-refractivity contribution in [2.75, 3.05) is 24.3 Å². The lowest BCUT2D eigenvalue weighted by Crippen LogP contribution is -2.40. The van der Waals surface area contributed by atoms with Gasteiger partial charge in [0.05, 0.1) is 11.4 Å². The van der Waals surface area contributed by atoms with Crippen molar-refractivity contribution in [1.82, 2.24) is 10.9 Å². The van der Waals surface area contributed by atoms with Crippen molar-refractivity contribution < 1.29 is 4.79 Å². The molecular weight excluding hydrogens is 288 g/mol. The molecule has 6 heteroatoms. The van der Waals surface area contributed by atoms with Crippen LogP contribution in [0, 0.1) is 0 Å². The fourth-order valence-electron chi connectivity index (χ4n) is 2.55. The van der Waals surface area contributed by atoms with Crippen LogP contribution < -0.4 is 21.1 Å². The molecule has 1 aromatic rings. The van der Waals surface area contributed by atoms with Crippen LogP contribution in [0.2, 0.25) is 5.02 Å². The third kappa shape index (κ3) is 4.09. The minimum Gasteiger partial charge on any atom is -0.376 e. The van der Waals surface area contributed by atoms with Gasteiger partial charge in [0.1, 0.15) is 6.04 Å². The zero-order valence-electron chi connectivity index (χ0n) is 12.7. The molecule has 0 spiro atoms. The third-order valence-electron chi connectivity index (χ3n) is 3.63. The Balaban J connectivity index is 2.05. The van der Waals surface area contributed by atoms with Crippen LogP contribution in [0.25, 0.3) is 0 Å². The minimum atomic E-state index is -0.212. The Hall–Kier alpha value is -1.30. The van der Waals surface area contributed by atoms with Gasteiger partial charge in [-0.1, -0.05) is 24.9 Å². The van der Waals surface area contributed by atoms with E-state index in [1.54, 1.807) is 6.07 Å².